The number of benzene rings is 2. The Labute approximate surface area is 245 Å². The van der Waals surface area contributed by atoms with E-state index in [4.69, 9.17) is 9.15 Å². The molecule has 0 radical (unpaired) electrons. The van der Waals surface area contributed by atoms with Crippen molar-refractivity contribution in [2.75, 3.05) is 26.3 Å². The maximum atomic E-state index is 13.6. The molecular weight excluding hydrogens is 554 g/mol. The van der Waals surface area contributed by atoms with Crippen LogP contribution in [0.5, 0.6) is 0 Å². The van der Waals surface area contributed by atoms with Gasteiger partial charge < -0.3 is 18.6 Å². The summed E-state index contributed by atoms with van der Waals surface area (Å²) in [6, 6.07) is 15.9. The number of hydrogen-bond donors (Lipinski definition) is 1. The van der Waals surface area contributed by atoms with Crippen molar-refractivity contribution in [1.29, 1.82) is 0 Å². The number of morpholine rings is 1. The number of furan rings is 1. The van der Waals surface area contributed by atoms with Gasteiger partial charge in [-0.1, -0.05) is 55.7 Å². The largest absolute Gasteiger partial charge is 0.472 e. The second kappa shape index (κ2) is 12.1. The number of carbonyl (C=O) groups excluding carboxylic acids is 2. The maximum absolute atomic E-state index is 13.6. The first-order chi connectivity index (χ1) is 20.4. The number of ether oxygens (including phenoxy) is 1. The van der Waals surface area contributed by atoms with Crippen molar-refractivity contribution in [2.45, 2.75) is 50.3 Å². The van der Waals surface area contributed by atoms with Crippen LogP contribution in [0.1, 0.15) is 59.5 Å². The smallest absolute Gasteiger partial charge is 0.264 e. The predicted octanol–water partition coefficient (Wildman–Crippen LogP) is 5.07. The van der Waals surface area contributed by atoms with Crippen LogP contribution in [0, 0.1) is 0 Å². The third kappa shape index (κ3) is 6.00. The van der Waals surface area contributed by atoms with Crippen LogP contribution in [0.15, 0.2) is 71.5 Å². The highest BCUT2D eigenvalue weighted by Crippen LogP contribution is 2.44. The fraction of sp³-hybridized carbons (Fsp3) is 0.375. The molecule has 3 heterocycles. The zero-order valence-corrected chi connectivity index (χ0v) is 24.3. The van der Waals surface area contributed by atoms with E-state index in [1.54, 1.807) is 48.9 Å². The Kier molecular flexibility index (Phi) is 8.17. The highest BCUT2D eigenvalue weighted by molar-refractivity contribution is 7.89. The van der Waals surface area contributed by atoms with Gasteiger partial charge in [0, 0.05) is 29.6 Å². The minimum atomic E-state index is -3.93. The van der Waals surface area contributed by atoms with Gasteiger partial charge in [0.1, 0.15) is 6.54 Å². The van der Waals surface area contributed by atoms with Crippen LogP contribution in [0.4, 0.5) is 0 Å². The molecule has 42 heavy (non-hydrogen) atoms. The summed E-state index contributed by atoms with van der Waals surface area (Å²) in [5.74, 6) is -0.737. The maximum Gasteiger partial charge on any atom is 0.264 e. The van der Waals surface area contributed by atoms with Gasteiger partial charge >= 0.3 is 0 Å². The summed E-state index contributed by atoms with van der Waals surface area (Å²) >= 11 is 0. The van der Waals surface area contributed by atoms with Crippen LogP contribution in [0.3, 0.4) is 0 Å². The second-order valence-electron chi connectivity index (χ2n) is 11.1. The van der Waals surface area contributed by atoms with Gasteiger partial charge in [-0.15, -0.1) is 0 Å². The molecule has 2 aromatic heterocycles. The van der Waals surface area contributed by atoms with E-state index in [-0.39, 0.29) is 23.8 Å². The first kappa shape index (κ1) is 28.2. The molecular formula is C32H35N3O6S. The van der Waals surface area contributed by atoms with Crippen molar-refractivity contribution in [2.24, 2.45) is 0 Å². The van der Waals surface area contributed by atoms with Crippen molar-refractivity contribution < 1.29 is 27.2 Å². The standard InChI is InChI=1S/C32H35N3O6S/c36-29(34-14-17-40-18-15-34)20-35-28-19-25(32(37)33-42(38,39)22-23-7-3-1-4-8-23)11-12-27(28)30(24-9-5-2-6-10-24)31(35)26-13-16-41-21-26/h1,3-4,7-8,11-13,16,19,21,24H,2,5-6,9-10,14-15,17-18,20,22H2,(H,33,37). The Bertz CT molecular complexity index is 1670. The summed E-state index contributed by atoms with van der Waals surface area (Å²) in [5, 5.41) is 0.969. The van der Waals surface area contributed by atoms with E-state index in [9.17, 15) is 18.0 Å². The van der Waals surface area contributed by atoms with Gasteiger partial charge in [-0.25, -0.2) is 13.1 Å². The van der Waals surface area contributed by atoms with Crippen LogP contribution in [0.25, 0.3) is 22.2 Å². The van der Waals surface area contributed by atoms with Gasteiger partial charge in [-0.3, -0.25) is 9.59 Å². The minimum Gasteiger partial charge on any atom is -0.472 e. The van der Waals surface area contributed by atoms with Gasteiger partial charge in [-0.2, -0.15) is 0 Å². The summed E-state index contributed by atoms with van der Waals surface area (Å²) in [7, 11) is -3.93. The lowest BCUT2D eigenvalue weighted by Crippen LogP contribution is -2.42. The molecule has 9 nitrogen and oxygen atoms in total. The molecule has 1 N–H and O–H groups in total. The van der Waals surface area contributed by atoms with E-state index in [0.29, 0.717) is 37.8 Å². The number of aromatic nitrogens is 1. The molecule has 2 aromatic carbocycles. The minimum absolute atomic E-state index is 0.0320. The van der Waals surface area contributed by atoms with Crippen LogP contribution < -0.4 is 4.72 Å². The van der Waals surface area contributed by atoms with Crippen molar-refractivity contribution in [1.82, 2.24) is 14.2 Å². The van der Waals surface area contributed by atoms with Crippen LogP contribution in [0.2, 0.25) is 0 Å². The molecule has 2 aliphatic rings. The zero-order chi connectivity index (χ0) is 29.1. The molecule has 0 atom stereocenters. The molecule has 0 spiro atoms. The highest BCUT2D eigenvalue weighted by atomic mass is 32.2. The Morgan fingerprint density at radius 2 is 1.71 bits per heavy atom. The van der Waals surface area contributed by atoms with Crippen molar-refractivity contribution in [3.8, 4) is 11.3 Å². The summed E-state index contributed by atoms with van der Waals surface area (Å²) in [6.07, 6.45) is 8.88. The molecule has 1 saturated heterocycles. The number of fused-ring (bicyclic) bond motifs is 1. The Morgan fingerprint density at radius 3 is 2.43 bits per heavy atom. The number of amides is 2. The third-order valence-corrected chi connectivity index (χ3v) is 9.49. The first-order valence-corrected chi connectivity index (χ1v) is 16.2. The number of carbonyl (C=O) groups is 2. The van der Waals surface area contributed by atoms with Crippen LogP contribution in [-0.4, -0.2) is 56.0 Å². The van der Waals surface area contributed by atoms with Gasteiger partial charge in [0.15, 0.2) is 0 Å². The molecule has 1 aliphatic heterocycles. The number of nitrogens with one attached hydrogen (secondary N) is 1. The van der Waals surface area contributed by atoms with E-state index >= 15 is 0 Å². The Hall–Kier alpha value is -3.89. The SMILES string of the molecule is O=C(NS(=O)(=O)Cc1ccccc1)c1ccc2c(C3CCCCC3)c(-c3ccoc3)n(CC(=O)N3CCOCC3)c2c1. The normalized spacial score (nSPS) is 16.5. The lowest BCUT2D eigenvalue weighted by Gasteiger charge is -2.27. The van der Waals surface area contributed by atoms with Crippen LogP contribution >= 0.6 is 0 Å². The van der Waals surface area contributed by atoms with E-state index in [2.05, 4.69) is 4.72 Å². The van der Waals surface area contributed by atoms with Gasteiger partial charge in [0.25, 0.3) is 5.91 Å². The van der Waals surface area contributed by atoms with Crippen molar-refractivity contribution in [3.05, 3.63) is 83.8 Å². The molecule has 4 aromatic rings. The van der Waals surface area contributed by atoms with Crippen molar-refractivity contribution in [3.63, 3.8) is 0 Å². The molecule has 2 amide bonds. The predicted molar refractivity (Wildman–Crippen MR) is 159 cm³/mol. The number of sulfonamides is 1. The number of nitrogens with zero attached hydrogens (tertiary/aromatic N) is 2. The summed E-state index contributed by atoms with van der Waals surface area (Å²) in [6.45, 7) is 2.15. The Balaban J connectivity index is 1.42. The van der Waals surface area contributed by atoms with Gasteiger partial charge in [0.2, 0.25) is 15.9 Å². The summed E-state index contributed by atoms with van der Waals surface area (Å²) < 4.78 is 40.8. The van der Waals surface area contributed by atoms with E-state index in [1.807, 2.05) is 27.7 Å². The molecule has 0 unspecified atom stereocenters. The first-order valence-electron chi connectivity index (χ1n) is 14.5. The van der Waals surface area contributed by atoms with E-state index < -0.39 is 15.9 Å². The topological polar surface area (TPSA) is 111 Å². The van der Waals surface area contributed by atoms with Crippen LogP contribution in [-0.2, 0) is 31.9 Å². The molecule has 1 aliphatic carbocycles. The zero-order valence-electron chi connectivity index (χ0n) is 23.5. The molecule has 2 fully saturated rings. The quantitative estimate of drug-likeness (QED) is 0.307. The van der Waals surface area contributed by atoms with Crippen molar-refractivity contribution >= 4 is 32.7 Å². The summed E-state index contributed by atoms with van der Waals surface area (Å²) in [4.78, 5) is 28.7. The number of rotatable bonds is 8. The van der Waals surface area contributed by atoms with Gasteiger partial charge in [0.05, 0.1) is 42.7 Å². The summed E-state index contributed by atoms with van der Waals surface area (Å²) in [5.41, 5.74) is 4.47. The monoisotopic (exact) mass is 589 g/mol. The molecule has 220 valence electrons. The Morgan fingerprint density at radius 1 is 0.952 bits per heavy atom. The average molecular weight is 590 g/mol. The van der Waals surface area contributed by atoms with E-state index in [1.165, 1.54) is 6.42 Å². The fourth-order valence-corrected chi connectivity index (χ4v) is 7.38. The second-order valence-corrected chi connectivity index (χ2v) is 12.8. The highest BCUT2D eigenvalue weighted by Gasteiger charge is 2.29. The lowest BCUT2D eigenvalue weighted by atomic mass is 9.82. The average Bonchev–Trinajstić information content (AvgIpc) is 3.64. The molecule has 6 rings (SSSR count). The molecule has 10 heteroatoms. The fourth-order valence-electron chi connectivity index (χ4n) is 6.27. The number of hydrogen-bond acceptors (Lipinski definition) is 6. The van der Waals surface area contributed by atoms with E-state index in [0.717, 1.165) is 53.4 Å². The third-order valence-electron chi connectivity index (χ3n) is 8.28. The lowest BCUT2D eigenvalue weighted by molar-refractivity contribution is -0.135. The molecule has 0 bridgehead atoms. The van der Waals surface area contributed by atoms with Gasteiger partial charge in [-0.05, 0) is 48.1 Å². The molecule has 1 saturated carbocycles.